The van der Waals surface area contributed by atoms with E-state index in [-0.39, 0.29) is 5.92 Å². The number of hydrogen-bond donors (Lipinski definition) is 1. The molecule has 2 heterocycles. The van der Waals surface area contributed by atoms with Gasteiger partial charge < -0.3 is 5.32 Å². The first-order chi connectivity index (χ1) is 24.4. The van der Waals surface area contributed by atoms with Crippen molar-refractivity contribution in [2.75, 3.05) is 26.2 Å². The Morgan fingerprint density at radius 1 is 0.620 bits per heavy atom. The van der Waals surface area contributed by atoms with Gasteiger partial charge in [-0.15, -0.1) is 0 Å². The molecule has 7 rings (SSSR count). The van der Waals surface area contributed by atoms with Gasteiger partial charge in [-0.3, -0.25) is 0 Å². The first-order valence-corrected chi connectivity index (χ1v) is 18.6. The highest BCUT2D eigenvalue weighted by Gasteiger charge is 2.48. The molecule has 0 bridgehead atoms. The Kier molecular flexibility index (Phi) is 10.6. The first-order valence-electron chi connectivity index (χ1n) is 17.2. The van der Waals surface area contributed by atoms with E-state index >= 15 is 0 Å². The number of rotatable bonds is 8. The molecule has 6 nitrogen and oxygen atoms in total. The van der Waals surface area contributed by atoms with Gasteiger partial charge in [0.25, 0.3) is 0 Å². The molecule has 2 aliphatic rings. The van der Waals surface area contributed by atoms with E-state index < -0.39 is 20.9 Å². The Balaban J connectivity index is 0.000000187. The molecule has 2 atom stereocenters. The molecule has 1 N–H and O–H groups in total. The summed E-state index contributed by atoms with van der Waals surface area (Å²) < 4.78 is 28.0. The number of nitrogens with zero attached hydrogens (tertiary/aromatic N) is 3. The van der Waals surface area contributed by atoms with Gasteiger partial charge in [0.2, 0.25) is 10.0 Å². The Morgan fingerprint density at radius 3 is 1.42 bits per heavy atom. The second-order valence-corrected chi connectivity index (χ2v) is 15.1. The number of nitriles is 2. The summed E-state index contributed by atoms with van der Waals surface area (Å²) in [6.07, 6.45) is 1.67. The van der Waals surface area contributed by atoms with Crippen LogP contribution in [0.2, 0.25) is 0 Å². The summed E-state index contributed by atoms with van der Waals surface area (Å²) in [5.41, 5.74) is 3.57. The molecule has 2 fully saturated rings. The van der Waals surface area contributed by atoms with E-state index in [4.69, 9.17) is 0 Å². The quantitative estimate of drug-likeness (QED) is 0.182. The zero-order chi connectivity index (χ0) is 35.0. The van der Waals surface area contributed by atoms with Crippen LogP contribution in [0.25, 0.3) is 0 Å². The van der Waals surface area contributed by atoms with E-state index in [1.165, 1.54) is 4.31 Å². The van der Waals surface area contributed by atoms with Crippen molar-refractivity contribution >= 4 is 10.0 Å². The molecule has 0 spiro atoms. The van der Waals surface area contributed by atoms with Gasteiger partial charge in [-0.05, 0) is 66.6 Å². The lowest BCUT2D eigenvalue weighted by atomic mass is 9.66. The molecule has 0 radical (unpaired) electrons. The number of hydrogen-bond acceptors (Lipinski definition) is 5. The van der Waals surface area contributed by atoms with E-state index in [0.717, 1.165) is 47.3 Å². The fraction of sp³-hybridized carbons (Fsp3) is 0.256. The normalized spacial score (nSPS) is 18.0. The third-order valence-corrected chi connectivity index (χ3v) is 12.2. The van der Waals surface area contributed by atoms with E-state index in [2.05, 4.69) is 41.7 Å². The fourth-order valence-electron chi connectivity index (χ4n) is 7.70. The van der Waals surface area contributed by atoms with Gasteiger partial charge in [-0.25, -0.2) is 8.42 Å². The van der Waals surface area contributed by atoms with Crippen molar-refractivity contribution < 1.29 is 8.42 Å². The Morgan fingerprint density at radius 2 is 1.04 bits per heavy atom. The van der Waals surface area contributed by atoms with Crippen molar-refractivity contribution in [2.24, 2.45) is 11.8 Å². The highest BCUT2D eigenvalue weighted by atomic mass is 32.2. The average Bonchev–Trinajstić information content (AvgIpc) is 3.90. The van der Waals surface area contributed by atoms with Gasteiger partial charge in [0.15, 0.2) is 0 Å². The van der Waals surface area contributed by atoms with Gasteiger partial charge in [0.1, 0.15) is 10.8 Å². The lowest BCUT2D eigenvalue weighted by Crippen LogP contribution is -2.38. The molecule has 0 amide bonds. The SMILES string of the molecule is Cc1ccc(S(=O)(=O)N2CC[C@@H](C(C#N)(c3ccccc3)c3ccccc3)C2)cc1.N#CC(c1ccccc1)(c1ccccc1)[C@@H]1CCNC1. The van der Waals surface area contributed by atoms with Crippen LogP contribution in [0.4, 0.5) is 0 Å². The molecular weight excluding hydrogens is 637 g/mol. The molecule has 7 heteroatoms. The van der Waals surface area contributed by atoms with E-state index in [9.17, 15) is 18.9 Å². The maximum absolute atomic E-state index is 13.2. The third kappa shape index (κ3) is 6.61. The Hall–Kier alpha value is -5.05. The van der Waals surface area contributed by atoms with Crippen molar-refractivity contribution in [2.45, 2.75) is 35.5 Å². The molecule has 0 unspecified atom stereocenters. The van der Waals surface area contributed by atoms with Crippen molar-refractivity contribution in [3.63, 3.8) is 0 Å². The molecular formula is C43H42N4O2S. The summed E-state index contributed by atoms with van der Waals surface area (Å²) in [6.45, 7) is 4.55. The number of benzene rings is 5. The molecule has 0 aromatic heterocycles. The second kappa shape index (κ2) is 15.2. The van der Waals surface area contributed by atoms with E-state index in [1.54, 1.807) is 12.1 Å². The largest absolute Gasteiger partial charge is 0.316 e. The molecule has 0 saturated carbocycles. The van der Waals surface area contributed by atoms with Crippen LogP contribution in [0, 0.1) is 41.4 Å². The molecule has 5 aromatic rings. The zero-order valence-corrected chi connectivity index (χ0v) is 29.1. The second-order valence-electron chi connectivity index (χ2n) is 13.2. The minimum absolute atomic E-state index is 0.146. The molecule has 2 aliphatic heterocycles. The summed E-state index contributed by atoms with van der Waals surface area (Å²) in [7, 11) is -3.60. The standard InChI is InChI=1S/C25H24N2O2S.C18H18N2/c1-20-12-14-24(15-13-20)30(28,29)27-17-16-23(18-27)25(19-26,21-8-4-2-5-9-21)22-10-6-3-7-11-22;19-14-18(17-11-12-20-13-17,15-7-3-1-4-8-15)16-9-5-2-6-10-16/h2-15,23H,16-18H2,1H3;1-10,17,20H,11-13H2/t23-;17-/m11/s1. The summed E-state index contributed by atoms with van der Waals surface area (Å²) in [5, 5.41) is 23.9. The van der Waals surface area contributed by atoms with E-state index in [0.29, 0.717) is 30.3 Å². The van der Waals surface area contributed by atoms with Crippen molar-refractivity contribution in [1.29, 1.82) is 10.5 Å². The van der Waals surface area contributed by atoms with Gasteiger partial charge in [0, 0.05) is 25.6 Å². The fourth-order valence-corrected chi connectivity index (χ4v) is 9.20. The lowest BCUT2D eigenvalue weighted by molar-refractivity contribution is 0.393. The first kappa shape index (κ1) is 34.8. The monoisotopic (exact) mass is 678 g/mol. The predicted molar refractivity (Wildman–Crippen MR) is 198 cm³/mol. The van der Waals surface area contributed by atoms with Crippen molar-refractivity contribution in [3.05, 3.63) is 173 Å². The summed E-state index contributed by atoms with van der Waals surface area (Å²) >= 11 is 0. The Bertz CT molecular complexity index is 1960. The third-order valence-electron chi connectivity index (χ3n) is 10.4. The van der Waals surface area contributed by atoms with Crippen LogP contribution in [-0.2, 0) is 20.9 Å². The topological polar surface area (TPSA) is 97.0 Å². The summed E-state index contributed by atoms with van der Waals surface area (Å²) in [4.78, 5) is 0.302. The van der Waals surface area contributed by atoms with Gasteiger partial charge >= 0.3 is 0 Å². The summed E-state index contributed by atoms with van der Waals surface area (Å²) in [6, 6.07) is 52.0. The Labute approximate surface area is 296 Å². The average molecular weight is 679 g/mol. The van der Waals surface area contributed by atoms with Gasteiger partial charge in [0.05, 0.1) is 17.0 Å². The van der Waals surface area contributed by atoms with Gasteiger partial charge in [-0.2, -0.15) is 14.8 Å². The minimum atomic E-state index is -3.60. The number of aryl methyl sites for hydroxylation is 1. The number of nitrogens with one attached hydrogen (secondary N) is 1. The molecule has 2 saturated heterocycles. The zero-order valence-electron chi connectivity index (χ0n) is 28.3. The van der Waals surface area contributed by atoms with Crippen LogP contribution in [0.3, 0.4) is 0 Å². The predicted octanol–water partition coefficient (Wildman–Crippen LogP) is 7.62. The van der Waals surface area contributed by atoms with Crippen molar-refractivity contribution in [3.8, 4) is 12.1 Å². The van der Waals surface area contributed by atoms with Crippen LogP contribution in [0.5, 0.6) is 0 Å². The van der Waals surface area contributed by atoms with Gasteiger partial charge in [-0.1, -0.05) is 139 Å². The van der Waals surface area contributed by atoms with Crippen LogP contribution < -0.4 is 5.32 Å². The van der Waals surface area contributed by atoms with Crippen LogP contribution in [0.1, 0.15) is 40.7 Å². The smallest absolute Gasteiger partial charge is 0.243 e. The van der Waals surface area contributed by atoms with Crippen LogP contribution in [-0.4, -0.2) is 38.9 Å². The lowest BCUT2D eigenvalue weighted by Gasteiger charge is -2.34. The number of sulfonamides is 1. The van der Waals surface area contributed by atoms with Crippen molar-refractivity contribution in [1.82, 2.24) is 9.62 Å². The van der Waals surface area contributed by atoms with Crippen LogP contribution in [0.15, 0.2) is 150 Å². The highest BCUT2D eigenvalue weighted by molar-refractivity contribution is 7.89. The maximum Gasteiger partial charge on any atom is 0.243 e. The van der Waals surface area contributed by atoms with Crippen LogP contribution >= 0.6 is 0 Å². The molecule has 5 aromatic carbocycles. The highest BCUT2D eigenvalue weighted by Crippen LogP contribution is 2.44. The van der Waals surface area contributed by atoms with E-state index in [1.807, 2.05) is 116 Å². The maximum atomic E-state index is 13.2. The minimum Gasteiger partial charge on any atom is -0.316 e. The molecule has 50 heavy (non-hydrogen) atoms. The molecule has 0 aliphatic carbocycles. The molecule has 252 valence electrons. The summed E-state index contributed by atoms with van der Waals surface area (Å²) in [5.74, 6) is 0.171.